The van der Waals surface area contributed by atoms with Gasteiger partial charge in [0, 0.05) is 11.8 Å². The number of para-hydroxylation sites is 1. The summed E-state index contributed by atoms with van der Waals surface area (Å²) < 4.78 is 7.44. The average molecular weight is 291 g/mol. The number of hydrogen-bond donors (Lipinski definition) is 0. The molecule has 4 nitrogen and oxygen atoms in total. The highest BCUT2D eigenvalue weighted by molar-refractivity contribution is 5.73. The molecule has 2 aromatic heterocycles. The number of imidazole rings is 1. The quantitative estimate of drug-likeness (QED) is 0.734. The fraction of sp³-hybridized carbons (Fsp3) is 0.222. The number of nitriles is 1. The van der Waals surface area contributed by atoms with Crippen LogP contribution in [-0.2, 0) is 0 Å². The predicted molar refractivity (Wildman–Crippen MR) is 85.9 cm³/mol. The minimum atomic E-state index is -0.266. The molecular formula is C18H17N3O. The van der Waals surface area contributed by atoms with Crippen molar-refractivity contribution in [3.63, 3.8) is 0 Å². The first kappa shape index (κ1) is 14.2. The van der Waals surface area contributed by atoms with E-state index in [1.165, 1.54) is 0 Å². The van der Waals surface area contributed by atoms with Crippen LogP contribution in [0, 0.1) is 18.3 Å². The Balaban J connectivity index is 2.35. The number of aryl methyl sites for hydroxylation is 1. The van der Waals surface area contributed by atoms with Gasteiger partial charge in [0.2, 0.25) is 0 Å². The number of benzene rings is 1. The van der Waals surface area contributed by atoms with E-state index in [4.69, 9.17) is 9.72 Å². The van der Waals surface area contributed by atoms with Crippen molar-refractivity contribution in [2.45, 2.75) is 19.8 Å². The molecule has 4 heteroatoms. The number of hydrogen-bond acceptors (Lipinski definition) is 3. The van der Waals surface area contributed by atoms with Crippen molar-refractivity contribution in [3.8, 4) is 23.1 Å². The lowest BCUT2D eigenvalue weighted by Gasteiger charge is -2.10. The van der Waals surface area contributed by atoms with E-state index in [-0.39, 0.29) is 5.92 Å². The van der Waals surface area contributed by atoms with E-state index in [1.54, 1.807) is 7.11 Å². The molecule has 1 atom stereocenters. The van der Waals surface area contributed by atoms with Crippen LogP contribution in [0.5, 0.6) is 5.75 Å². The van der Waals surface area contributed by atoms with Crippen molar-refractivity contribution >= 4 is 5.65 Å². The summed E-state index contributed by atoms with van der Waals surface area (Å²) in [6.07, 6.45) is 1.97. The van der Waals surface area contributed by atoms with Gasteiger partial charge < -0.3 is 9.14 Å². The largest absolute Gasteiger partial charge is 0.496 e. The first-order valence-corrected chi connectivity index (χ1v) is 7.17. The molecule has 0 saturated carbocycles. The third-order valence-electron chi connectivity index (χ3n) is 3.78. The maximum atomic E-state index is 9.40. The first-order chi connectivity index (χ1) is 10.7. The Bertz CT molecular complexity index is 874. The average Bonchev–Trinajstić information content (AvgIpc) is 2.92. The Kier molecular flexibility index (Phi) is 3.56. The predicted octanol–water partition coefficient (Wildman–Crippen LogP) is 3.95. The lowest BCUT2D eigenvalue weighted by molar-refractivity contribution is 0.416. The van der Waals surface area contributed by atoms with Crippen LogP contribution in [0.4, 0.5) is 0 Å². The molecule has 1 aromatic carbocycles. The maximum Gasteiger partial charge on any atom is 0.137 e. The molecule has 22 heavy (non-hydrogen) atoms. The SMILES string of the molecule is COc1ccccc1-c1nc2cc(C)ccn2c1C(C)C#N. The molecule has 0 radical (unpaired) electrons. The summed E-state index contributed by atoms with van der Waals surface area (Å²) in [5.41, 5.74) is 4.58. The first-order valence-electron chi connectivity index (χ1n) is 7.17. The third-order valence-corrected chi connectivity index (χ3v) is 3.78. The maximum absolute atomic E-state index is 9.40. The summed E-state index contributed by atoms with van der Waals surface area (Å²) in [4.78, 5) is 4.75. The van der Waals surface area contributed by atoms with Crippen LogP contribution in [0.2, 0.25) is 0 Å². The van der Waals surface area contributed by atoms with Crippen molar-refractivity contribution in [2.75, 3.05) is 7.11 Å². The zero-order chi connectivity index (χ0) is 15.7. The highest BCUT2D eigenvalue weighted by atomic mass is 16.5. The second kappa shape index (κ2) is 5.53. The Morgan fingerprint density at radius 3 is 2.77 bits per heavy atom. The molecule has 0 aliphatic carbocycles. The molecule has 0 fully saturated rings. The van der Waals surface area contributed by atoms with Crippen molar-refractivity contribution in [1.29, 1.82) is 5.26 Å². The van der Waals surface area contributed by atoms with E-state index in [9.17, 15) is 5.26 Å². The van der Waals surface area contributed by atoms with Gasteiger partial charge in [-0.05, 0) is 43.7 Å². The van der Waals surface area contributed by atoms with Crippen molar-refractivity contribution in [1.82, 2.24) is 9.38 Å². The smallest absolute Gasteiger partial charge is 0.137 e. The van der Waals surface area contributed by atoms with E-state index in [0.29, 0.717) is 0 Å². The molecule has 0 aliphatic rings. The summed E-state index contributed by atoms with van der Waals surface area (Å²) in [6.45, 7) is 3.92. The van der Waals surface area contributed by atoms with E-state index >= 15 is 0 Å². The monoisotopic (exact) mass is 291 g/mol. The zero-order valence-electron chi connectivity index (χ0n) is 12.9. The standard InChI is InChI=1S/C18H17N3O/c1-12-8-9-21-16(10-12)20-17(18(21)13(2)11-19)14-6-4-5-7-15(14)22-3/h4-10,13H,1-3H3. The number of pyridine rings is 1. The fourth-order valence-corrected chi connectivity index (χ4v) is 2.68. The molecule has 110 valence electrons. The molecule has 0 N–H and O–H groups in total. The van der Waals surface area contributed by atoms with Crippen LogP contribution in [0.15, 0.2) is 42.6 Å². The van der Waals surface area contributed by atoms with Crippen molar-refractivity contribution in [2.24, 2.45) is 0 Å². The number of ether oxygens (including phenoxy) is 1. The number of aromatic nitrogens is 2. The summed E-state index contributed by atoms with van der Waals surface area (Å²) in [5, 5.41) is 9.40. The molecule has 2 heterocycles. The molecule has 0 saturated heterocycles. The van der Waals surface area contributed by atoms with Crippen LogP contribution in [0.25, 0.3) is 16.9 Å². The number of rotatable bonds is 3. The number of methoxy groups -OCH3 is 1. The molecule has 3 rings (SSSR count). The van der Waals surface area contributed by atoms with E-state index in [2.05, 4.69) is 6.07 Å². The molecule has 1 unspecified atom stereocenters. The summed E-state index contributed by atoms with van der Waals surface area (Å²) >= 11 is 0. The molecule has 0 bridgehead atoms. The van der Waals surface area contributed by atoms with Crippen LogP contribution in [0.3, 0.4) is 0 Å². The van der Waals surface area contributed by atoms with Crippen LogP contribution in [-0.4, -0.2) is 16.5 Å². The Hall–Kier alpha value is -2.80. The van der Waals surface area contributed by atoms with Gasteiger partial charge in [-0.25, -0.2) is 4.98 Å². The van der Waals surface area contributed by atoms with Crippen LogP contribution < -0.4 is 4.74 Å². The number of nitrogens with zero attached hydrogens (tertiary/aromatic N) is 3. The molecule has 0 spiro atoms. The van der Waals surface area contributed by atoms with Gasteiger partial charge in [-0.15, -0.1) is 0 Å². The number of fused-ring (bicyclic) bond motifs is 1. The minimum absolute atomic E-state index is 0.266. The van der Waals surface area contributed by atoms with E-state index in [0.717, 1.165) is 33.9 Å². The van der Waals surface area contributed by atoms with E-state index in [1.807, 2.05) is 60.8 Å². The van der Waals surface area contributed by atoms with Gasteiger partial charge in [0.15, 0.2) is 0 Å². The fourth-order valence-electron chi connectivity index (χ4n) is 2.68. The van der Waals surface area contributed by atoms with Gasteiger partial charge in [0.1, 0.15) is 11.4 Å². The Morgan fingerprint density at radius 2 is 2.05 bits per heavy atom. The Morgan fingerprint density at radius 1 is 1.27 bits per heavy atom. The highest BCUT2D eigenvalue weighted by Crippen LogP contribution is 2.35. The lowest BCUT2D eigenvalue weighted by Crippen LogP contribution is -1.99. The normalized spacial score (nSPS) is 12.1. The topological polar surface area (TPSA) is 50.3 Å². The molecular weight excluding hydrogens is 274 g/mol. The van der Waals surface area contributed by atoms with Gasteiger partial charge in [0.05, 0.1) is 30.5 Å². The van der Waals surface area contributed by atoms with Gasteiger partial charge in [-0.1, -0.05) is 12.1 Å². The second-order valence-electron chi connectivity index (χ2n) is 5.33. The molecule has 3 aromatic rings. The van der Waals surface area contributed by atoms with Gasteiger partial charge >= 0.3 is 0 Å². The highest BCUT2D eigenvalue weighted by Gasteiger charge is 2.21. The third kappa shape index (κ3) is 2.21. The van der Waals surface area contributed by atoms with Crippen LogP contribution in [0.1, 0.15) is 24.1 Å². The zero-order valence-corrected chi connectivity index (χ0v) is 12.9. The Labute approximate surface area is 129 Å². The van der Waals surface area contributed by atoms with Gasteiger partial charge in [0.25, 0.3) is 0 Å². The van der Waals surface area contributed by atoms with E-state index < -0.39 is 0 Å². The molecule has 0 aliphatic heterocycles. The van der Waals surface area contributed by atoms with Crippen LogP contribution >= 0.6 is 0 Å². The summed E-state index contributed by atoms with van der Waals surface area (Å²) in [5.74, 6) is 0.492. The minimum Gasteiger partial charge on any atom is -0.496 e. The van der Waals surface area contributed by atoms with Gasteiger partial charge in [-0.2, -0.15) is 5.26 Å². The van der Waals surface area contributed by atoms with Gasteiger partial charge in [-0.3, -0.25) is 0 Å². The second-order valence-corrected chi connectivity index (χ2v) is 5.33. The van der Waals surface area contributed by atoms with Crippen molar-refractivity contribution in [3.05, 3.63) is 53.9 Å². The molecule has 0 amide bonds. The lowest BCUT2D eigenvalue weighted by atomic mass is 10.0. The van der Waals surface area contributed by atoms with Crippen molar-refractivity contribution < 1.29 is 4.74 Å². The summed E-state index contributed by atoms with van der Waals surface area (Å²) in [6, 6.07) is 14.1. The summed E-state index contributed by atoms with van der Waals surface area (Å²) in [7, 11) is 1.65.